The van der Waals surface area contributed by atoms with E-state index in [1.807, 2.05) is 0 Å². The van der Waals surface area contributed by atoms with E-state index < -0.39 is 0 Å². The van der Waals surface area contributed by atoms with Crippen LogP contribution < -0.4 is 5.32 Å². The molecule has 0 aromatic heterocycles. The van der Waals surface area contributed by atoms with Gasteiger partial charge in [0.2, 0.25) is 0 Å². The first-order chi connectivity index (χ1) is 4.88. The van der Waals surface area contributed by atoms with Crippen LogP contribution in [0, 0.1) is 5.92 Å². The highest BCUT2D eigenvalue weighted by Crippen LogP contribution is 2.13. The first-order valence-electron chi connectivity index (χ1n) is 3.73. The third kappa shape index (κ3) is 2.95. The van der Waals surface area contributed by atoms with Crippen LogP contribution >= 0.6 is 12.4 Å². The fourth-order valence-electron chi connectivity index (χ4n) is 1.37. The normalized spacial score (nSPS) is 31.1. The van der Waals surface area contributed by atoms with Crippen molar-refractivity contribution in [1.82, 2.24) is 5.32 Å². The van der Waals surface area contributed by atoms with Gasteiger partial charge in [0, 0.05) is 26.2 Å². The predicted molar refractivity (Wildman–Crippen MR) is 46.1 cm³/mol. The van der Waals surface area contributed by atoms with Gasteiger partial charge in [-0.3, -0.25) is 0 Å². The summed E-state index contributed by atoms with van der Waals surface area (Å²) in [5.41, 5.74) is 0. The Labute approximate surface area is 73.5 Å². The Morgan fingerprint density at radius 2 is 2.36 bits per heavy atom. The van der Waals surface area contributed by atoms with Gasteiger partial charge in [-0.25, -0.2) is 0 Å². The lowest BCUT2D eigenvalue weighted by atomic mass is 9.96. The van der Waals surface area contributed by atoms with Crippen molar-refractivity contribution in [2.75, 3.05) is 26.8 Å². The zero-order valence-corrected chi connectivity index (χ0v) is 7.56. The molecule has 0 saturated carbocycles. The molecule has 4 heteroatoms. The maximum atomic E-state index is 8.88. The summed E-state index contributed by atoms with van der Waals surface area (Å²) in [4.78, 5) is 0. The topological polar surface area (TPSA) is 41.5 Å². The smallest absolute Gasteiger partial charge is 0.0746 e. The second-order valence-electron chi connectivity index (χ2n) is 2.71. The molecule has 0 aliphatic carbocycles. The highest BCUT2D eigenvalue weighted by Gasteiger charge is 2.23. The van der Waals surface area contributed by atoms with Crippen LogP contribution in [-0.4, -0.2) is 38.0 Å². The van der Waals surface area contributed by atoms with Gasteiger partial charge >= 0.3 is 0 Å². The summed E-state index contributed by atoms with van der Waals surface area (Å²) < 4.78 is 5.17. The Kier molecular flexibility index (Phi) is 5.86. The molecule has 0 spiro atoms. The molecule has 0 aromatic carbocycles. The number of methoxy groups -OCH3 is 1. The number of piperidine rings is 1. The maximum Gasteiger partial charge on any atom is 0.0746 e. The summed E-state index contributed by atoms with van der Waals surface area (Å²) in [7, 11) is 1.69. The first-order valence-corrected chi connectivity index (χ1v) is 3.73. The van der Waals surface area contributed by atoms with Gasteiger partial charge in [0.25, 0.3) is 0 Å². The lowest BCUT2D eigenvalue weighted by molar-refractivity contribution is 0.00954. The molecule has 3 nitrogen and oxygen atoms in total. The van der Waals surface area contributed by atoms with Crippen LogP contribution in [0.15, 0.2) is 0 Å². The van der Waals surface area contributed by atoms with E-state index in [1.54, 1.807) is 7.11 Å². The Bertz CT molecular complexity index is 90.4. The minimum atomic E-state index is 0. The second-order valence-corrected chi connectivity index (χ2v) is 2.71. The van der Waals surface area contributed by atoms with Gasteiger partial charge in [-0.1, -0.05) is 0 Å². The Balaban J connectivity index is 0.000001000. The number of nitrogens with one attached hydrogen (secondary N) is 1. The van der Waals surface area contributed by atoms with Gasteiger partial charge in [-0.15, -0.1) is 12.4 Å². The molecule has 1 saturated heterocycles. The van der Waals surface area contributed by atoms with Crippen LogP contribution in [-0.2, 0) is 4.74 Å². The minimum absolute atomic E-state index is 0. The molecule has 11 heavy (non-hydrogen) atoms. The molecule has 0 amide bonds. The van der Waals surface area contributed by atoms with Crippen LogP contribution in [0.25, 0.3) is 0 Å². The van der Waals surface area contributed by atoms with Crippen molar-refractivity contribution in [3.8, 4) is 0 Å². The minimum Gasteiger partial charge on any atom is -0.396 e. The second kappa shape index (κ2) is 5.77. The highest BCUT2D eigenvalue weighted by atomic mass is 35.5. The molecule has 1 fully saturated rings. The summed E-state index contributed by atoms with van der Waals surface area (Å²) in [5.74, 6) is 0.339. The highest BCUT2D eigenvalue weighted by molar-refractivity contribution is 5.85. The van der Waals surface area contributed by atoms with Gasteiger partial charge in [0.1, 0.15) is 0 Å². The third-order valence-corrected chi connectivity index (χ3v) is 2.10. The molecular weight excluding hydrogens is 166 g/mol. The van der Waals surface area contributed by atoms with Crippen LogP contribution in [0.5, 0.6) is 0 Å². The van der Waals surface area contributed by atoms with Crippen molar-refractivity contribution in [2.45, 2.75) is 12.5 Å². The monoisotopic (exact) mass is 181 g/mol. The lowest BCUT2D eigenvalue weighted by Gasteiger charge is -2.29. The molecule has 1 aliphatic rings. The SMILES string of the molecule is COC1CNCCC1CO.Cl. The van der Waals surface area contributed by atoms with Crippen molar-refractivity contribution in [3.63, 3.8) is 0 Å². The summed E-state index contributed by atoms with van der Waals surface area (Å²) >= 11 is 0. The van der Waals surface area contributed by atoms with E-state index in [1.165, 1.54) is 0 Å². The summed E-state index contributed by atoms with van der Waals surface area (Å²) in [6.07, 6.45) is 1.23. The molecular formula is C7H16ClNO2. The summed E-state index contributed by atoms with van der Waals surface area (Å²) in [5, 5.41) is 12.1. The molecule has 0 bridgehead atoms. The standard InChI is InChI=1S/C7H15NO2.ClH/c1-10-7-4-8-3-2-6(7)5-9;/h6-9H,2-5H2,1H3;1H. The molecule has 2 unspecified atom stereocenters. The number of hydrogen-bond donors (Lipinski definition) is 2. The van der Waals surface area contributed by atoms with E-state index in [2.05, 4.69) is 5.32 Å². The molecule has 0 radical (unpaired) electrons. The third-order valence-electron chi connectivity index (χ3n) is 2.10. The van der Waals surface area contributed by atoms with Crippen LogP contribution in [0.3, 0.4) is 0 Å². The zero-order chi connectivity index (χ0) is 7.40. The zero-order valence-electron chi connectivity index (χ0n) is 6.75. The van der Waals surface area contributed by atoms with Crippen molar-refractivity contribution in [3.05, 3.63) is 0 Å². The maximum absolute atomic E-state index is 8.88. The largest absolute Gasteiger partial charge is 0.396 e. The van der Waals surface area contributed by atoms with Crippen molar-refractivity contribution in [2.24, 2.45) is 5.92 Å². The number of aliphatic hydroxyl groups excluding tert-OH is 1. The Hall–Kier alpha value is 0.170. The van der Waals surface area contributed by atoms with Crippen molar-refractivity contribution in [1.29, 1.82) is 0 Å². The average molecular weight is 182 g/mol. The molecule has 1 aliphatic heterocycles. The fourth-order valence-corrected chi connectivity index (χ4v) is 1.37. The molecule has 68 valence electrons. The molecule has 1 heterocycles. The van der Waals surface area contributed by atoms with Gasteiger partial charge in [-0.2, -0.15) is 0 Å². The van der Waals surface area contributed by atoms with E-state index in [0.717, 1.165) is 19.5 Å². The van der Waals surface area contributed by atoms with Gasteiger partial charge in [0.15, 0.2) is 0 Å². The first kappa shape index (κ1) is 11.2. The van der Waals surface area contributed by atoms with Crippen molar-refractivity contribution < 1.29 is 9.84 Å². The van der Waals surface area contributed by atoms with E-state index >= 15 is 0 Å². The summed E-state index contributed by atoms with van der Waals surface area (Å²) in [6.45, 7) is 2.13. The van der Waals surface area contributed by atoms with Gasteiger partial charge in [0.05, 0.1) is 6.10 Å². The predicted octanol–water partition coefficient (Wildman–Crippen LogP) is 0.0250. The van der Waals surface area contributed by atoms with Crippen molar-refractivity contribution >= 4 is 12.4 Å². The number of ether oxygens (including phenoxy) is 1. The molecule has 2 N–H and O–H groups in total. The Morgan fingerprint density at radius 3 is 2.82 bits per heavy atom. The number of hydrogen-bond acceptors (Lipinski definition) is 3. The Morgan fingerprint density at radius 1 is 1.64 bits per heavy atom. The number of halogens is 1. The van der Waals surface area contributed by atoms with Gasteiger partial charge in [-0.05, 0) is 13.0 Å². The van der Waals surface area contributed by atoms with Crippen LogP contribution in [0.2, 0.25) is 0 Å². The van der Waals surface area contributed by atoms with Crippen LogP contribution in [0.4, 0.5) is 0 Å². The van der Waals surface area contributed by atoms with E-state index in [0.29, 0.717) is 5.92 Å². The number of rotatable bonds is 2. The van der Waals surface area contributed by atoms with Gasteiger partial charge < -0.3 is 15.2 Å². The fraction of sp³-hybridized carbons (Fsp3) is 1.00. The average Bonchev–Trinajstić information content (AvgIpc) is 2.04. The van der Waals surface area contributed by atoms with E-state index in [9.17, 15) is 0 Å². The van der Waals surface area contributed by atoms with E-state index in [4.69, 9.17) is 9.84 Å². The van der Waals surface area contributed by atoms with Crippen LogP contribution in [0.1, 0.15) is 6.42 Å². The summed E-state index contributed by atoms with van der Waals surface area (Å²) in [6, 6.07) is 0. The van der Waals surface area contributed by atoms with E-state index in [-0.39, 0.29) is 25.1 Å². The number of aliphatic hydroxyl groups is 1. The lowest BCUT2D eigenvalue weighted by Crippen LogP contribution is -2.43. The molecule has 2 atom stereocenters. The quantitative estimate of drug-likeness (QED) is 0.632. The molecule has 0 aromatic rings. The molecule has 1 rings (SSSR count).